The van der Waals surface area contributed by atoms with E-state index in [0.29, 0.717) is 19.0 Å². The number of ether oxygens (including phenoxy) is 1. The topological polar surface area (TPSA) is 54.1 Å². The third-order valence-electron chi connectivity index (χ3n) is 2.69. The summed E-state index contributed by atoms with van der Waals surface area (Å²) in [6.45, 7) is 4.78. The fourth-order valence-electron chi connectivity index (χ4n) is 1.78. The Morgan fingerprint density at radius 2 is 2.15 bits per heavy atom. The Morgan fingerprint density at radius 3 is 2.80 bits per heavy atom. The number of rotatable bonds is 4. The maximum Gasteiger partial charge on any atom is 0.407 e. The maximum atomic E-state index is 10.4. The number of para-hydroxylation sites is 1. The Morgan fingerprint density at radius 1 is 1.35 bits per heavy atom. The predicted molar refractivity (Wildman–Crippen MR) is 83.4 cm³/mol. The number of H-pyrrole nitrogens is 1. The van der Waals surface area contributed by atoms with Crippen molar-refractivity contribution in [2.75, 3.05) is 19.0 Å². The van der Waals surface area contributed by atoms with Gasteiger partial charge in [-0.05, 0) is 30.4 Å². The molecule has 0 bridgehead atoms. The molecule has 0 atom stereocenters. The monoisotopic (exact) mass is 296 g/mol. The van der Waals surface area contributed by atoms with E-state index in [4.69, 9.17) is 11.6 Å². The molecular weight excluding hydrogens is 276 g/mol. The lowest BCUT2D eigenvalue weighted by Gasteiger charge is -2.00. The summed E-state index contributed by atoms with van der Waals surface area (Å²) in [5, 5.41) is 3.75. The van der Waals surface area contributed by atoms with Crippen LogP contribution in [0.4, 0.5) is 4.79 Å². The molecule has 1 amide bonds. The Balaban J connectivity index is 0.000000206. The van der Waals surface area contributed by atoms with E-state index in [1.807, 2.05) is 6.20 Å². The largest absolute Gasteiger partial charge is 0.450 e. The lowest BCUT2D eigenvalue weighted by atomic mass is 10.1. The molecule has 1 aromatic carbocycles. The molecule has 0 spiro atoms. The second-order valence-corrected chi connectivity index (χ2v) is 4.43. The van der Waals surface area contributed by atoms with Crippen LogP contribution in [0.3, 0.4) is 0 Å². The molecule has 0 aliphatic rings. The molecule has 5 heteroatoms. The number of alkyl halides is 1. The van der Waals surface area contributed by atoms with Crippen LogP contribution in [0.15, 0.2) is 30.5 Å². The van der Waals surface area contributed by atoms with Crippen molar-refractivity contribution in [3.8, 4) is 0 Å². The van der Waals surface area contributed by atoms with E-state index in [2.05, 4.69) is 46.2 Å². The molecule has 2 N–H and O–H groups in total. The number of nitrogens with one attached hydrogen (secondary N) is 2. The molecule has 0 saturated heterocycles. The number of hydrogen-bond donors (Lipinski definition) is 2. The number of aryl methyl sites for hydroxylation is 1. The number of amides is 1. The van der Waals surface area contributed by atoms with Crippen molar-refractivity contribution in [3.05, 3.63) is 36.0 Å². The highest BCUT2D eigenvalue weighted by Gasteiger charge is 1.97. The molecule has 0 unspecified atom stereocenters. The zero-order chi connectivity index (χ0) is 14.8. The van der Waals surface area contributed by atoms with Gasteiger partial charge in [-0.25, -0.2) is 4.79 Å². The fourth-order valence-corrected chi connectivity index (χ4v) is 1.87. The van der Waals surface area contributed by atoms with Crippen LogP contribution < -0.4 is 5.32 Å². The summed E-state index contributed by atoms with van der Waals surface area (Å²) in [6, 6.07) is 8.51. The Kier molecular flexibility index (Phi) is 7.58. The molecule has 4 nitrogen and oxygen atoms in total. The van der Waals surface area contributed by atoms with Crippen LogP contribution in [0.1, 0.15) is 19.4 Å². The predicted octanol–water partition coefficient (Wildman–Crippen LogP) is 3.70. The molecule has 0 aliphatic heterocycles. The van der Waals surface area contributed by atoms with Gasteiger partial charge in [0.2, 0.25) is 0 Å². The number of carbonyl (C=O) groups is 1. The average molecular weight is 297 g/mol. The quantitative estimate of drug-likeness (QED) is 0.845. The van der Waals surface area contributed by atoms with Crippen molar-refractivity contribution < 1.29 is 9.53 Å². The molecule has 0 saturated carbocycles. The first-order valence-electron chi connectivity index (χ1n) is 6.74. The van der Waals surface area contributed by atoms with Crippen molar-refractivity contribution in [1.29, 1.82) is 0 Å². The molecule has 0 fully saturated rings. The number of halogens is 1. The normalized spacial score (nSPS) is 9.75. The van der Waals surface area contributed by atoms with Crippen LogP contribution in [-0.2, 0) is 11.2 Å². The van der Waals surface area contributed by atoms with E-state index in [1.165, 1.54) is 16.5 Å². The van der Waals surface area contributed by atoms with Gasteiger partial charge in [0.15, 0.2) is 0 Å². The molecule has 110 valence electrons. The number of fused-ring (bicyclic) bond motifs is 1. The smallest absolute Gasteiger partial charge is 0.407 e. The highest BCUT2D eigenvalue weighted by atomic mass is 35.5. The first-order valence-corrected chi connectivity index (χ1v) is 7.27. The second-order valence-electron chi connectivity index (χ2n) is 4.05. The van der Waals surface area contributed by atoms with E-state index in [1.54, 1.807) is 6.92 Å². The highest BCUT2D eigenvalue weighted by molar-refractivity contribution is 6.18. The summed E-state index contributed by atoms with van der Waals surface area (Å²) in [6.07, 6.45) is 2.68. The molecular formula is C15H21ClN2O2. The maximum absolute atomic E-state index is 10.4. The summed E-state index contributed by atoms with van der Waals surface area (Å²) < 4.78 is 4.54. The molecule has 1 aromatic heterocycles. The van der Waals surface area contributed by atoms with Crippen molar-refractivity contribution >= 4 is 28.6 Å². The summed E-state index contributed by atoms with van der Waals surface area (Å²) in [5.41, 5.74) is 2.68. The molecule has 2 aromatic rings. The van der Waals surface area contributed by atoms with Crippen LogP contribution in [0.25, 0.3) is 10.9 Å². The van der Waals surface area contributed by atoms with E-state index in [0.717, 1.165) is 6.42 Å². The molecule has 2 rings (SSSR count). The van der Waals surface area contributed by atoms with Crippen molar-refractivity contribution in [2.45, 2.75) is 20.3 Å². The highest BCUT2D eigenvalue weighted by Crippen LogP contribution is 2.16. The summed E-state index contributed by atoms with van der Waals surface area (Å²) in [5.74, 6) is 0.415. The van der Waals surface area contributed by atoms with E-state index in [-0.39, 0.29) is 0 Å². The van der Waals surface area contributed by atoms with Crippen molar-refractivity contribution in [3.63, 3.8) is 0 Å². The summed E-state index contributed by atoms with van der Waals surface area (Å²) >= 11 is 5.28. The van der Waals surface area contributed by atoms with Crippen LogP contribution in [0, 0.1) is 0 Å². The van der Waals surface area contributed by atoms with Crippen LogP contribution in [0.5, 0.6) is 0 Å². The third-order valence-corrected chi connectivity index (χ3v) is 2.88. The number of hydrogen-bond acceptors (Lipinski definition) is 2. The molecule has 20 heavy (non-hydrogen) atoms. The number of carbonyl (C=O) groups excluding carboxylic acids is 1. The van der Waals surface area contributed by atoms with E-state index in [9.17, 15) is 4.79 Å². The molecule has 0 aliphatic carbocycles. The zero-order valence-corrected chi connectivity index (χ0v) is 12.7. The van der Waals surface area contributed by atoms with Crippen LogP contribution >= 0.6 is 11.6 Å². The first-order chi connectivity index (χ1) is 9.72. The Hall–Kier alpha value is -1.68. The van der Waals surface area contributed by atoms with Gasteiger partial charge in [0.1, 0.15) is 0 Å². The van der Waals surface area contributed by atoms with E-state index >= 15 is 0 Å². The molecule has 0 radical (unpaired) electrons. The summed E-state index contributed by atoms with van der Waals surface area (Å²) in [4.78, 5) is 13.6. The van der Waals surface area contributed by atoms with Crippen molar-refractivity contribution in [2.24, 2.45) is 0 Å². The van der Waals surface area contributed by atoms with Gasteiger partial charge < -0.3 is 15.0 Å². The van der Waals surface area contributed by atoms with Gasteiger partial charge in [-0.3, -0.25) is 0 Å². The Labute approximate surface area is 124 Å². The van der Waals surface area contributed by atoms with Gasteiger partial charge in [-0.15, -0.1) is 11.6 Å². The van der Waals surface area contributed by atoms with Gasteiger partial charge in [0.05, 0.1) is 6.61 Å². The standard InChI is InChI=1S/C10H11N.C5H10ClNO2/c1-2-8-4-3-5-9-6-7-11-10(8)9;1-2-9-5(8)7-4-3-6/h3-7,11H,2H2,1H3;2-4H2,1H3,(H,7,8). The Bertz CT molecular complexity index is 525. The minimum atomic E-state index is -0.404. The number of aromatic nitrogens is 1. The number of alkyl carbamates (subject to hydrolysis) is 1. The van der Waals surface area contributed by atoms with Gasteiger partial charge >= 0.3 is 6.09 Å². The van der Waals surface area contributed by atoms with Gasteiger partial charge in [-0.1, -0.05) is 25.1 Å². The zero-order valence-electron chi connectivity index (χ0n) is 11.9. The van der Waals surface area contributed by atoms with Crippen molar-refractivity contribution in [1.82, 2.24) is 10.3 Å². The number of benzene rings is 1. The molecule has 1 heterocycles. The van der Waals surface area contributed by atoms with Crippen LogP contribution in [-0.4, -0.2) is 30.1 Å². The first kappa shape index (κ1) is 16.4. The second kappa shape index (κ2) is 9.26. The van der Waals surface area contributed by atoms with E-state index < -0.39 is 6.09 Å². The minimum absolute atomic E-state index is 0.397. The number of aromatic amines is 1. The summed E-state index contributed by atoms with van der Waals surface area (Å²) in [7, 11) is 0. The fraction of sp³-hybridized carbons (Fsp3) is 0.400. The SMILES string of the molecule is CCOC(=O)NCCCl.CCc1cccc2cc[nH]c12. The average Bonchev–Trinajstić information content (AvgIpc) is 2.94. The lowest BCUT2D eigenvalue weighted by Crippen LogP contribution is -2.25. The van der Waals surface area contributed by atoms with Crippen LogP contribution in [0.2, 0.25) is 0 Å². The third kappa shape index (κ3) is 5.13. The minimum Gasteiger partial charge on any atom is -0.450 e. The van der Waals surface area contributed by atoms with Gasteiger partial charge in [0.25, 0.3) is 0 Å². The lowest BCUT2D eigenvalue weighted by molar-refractivity contribution is 0.153. The van der Waals surface area contributed by atoms with Gasteiger partial charge in [0, 0.05) is 24.1 Å². The van der Waals surface area contributed by atoms with Gasteiger partial charge in [-0.2, -0.15) is 0 Å².